The summed E-state index contributed by atoms with van der Waals surface area (Å²) in [6.07, 6.45) is 7.62. The van der Waals surface area contributed by atoms with Crippen LogP contribution in [0.3, 0.4) is 0 Å². The predicted molar refractivity (Wildman–Crippen MR) is 60.7 cm³/mol. The molecule has 3 fully saturated rings. The SMILES string of the molecule is O=P(O)(O)NCC12CCC(C1)C1CCCC12. The molecular formula is C11H20NO3P. The van der Waals surface area contributed by atoms with Gasteiger partial charge in [-0.25, -0.2) is 9.65 Å². The van der Waals surface area contributed by atoms with Gasteiger partial charge in [-0.15, -0.1) is 0 Å². The molecule has 0 aromatic rings. The summed E-state index contributed by atoms with van der Waals surface area (Å²) in [6, 6.07) is 0. The molecule has 2 bridgehead atoms. The van der Waals surface area contributed by atoms with Crippen LogP contribution in [0.25, 0.3) is 0 Å². The molecule has 3 rings (SSSR count). The third kappa shape index (κ3) is 1.67. The van der Waals surface area contributed by atoms with E-state index in [-0.39, 0.29) is 5.41 Å². The van der Waals surface area contributed by atoms with Crippen molar-refractivity contribution in [2.75, 3.05) is 6.54 Å². The Balaban J connectivity index is 1.75. The molecule has 0 heterocycles. The van der Waals surface area contributed by atoms with Crippen LogP contribution >= 0.6 is 7.75 Å². The van der Waals surface area contributed by atoms with Gasteiger partial charge in [0.05, 0.1) is 0 Å². The average molecular weight is 245 g/mol. The Kier molecular flexibility index (Phi) is 2.49. The highest BCUT2D eigenvalue weighted by Crippen LogP contribution is 2.65. The van der Waals surface area contributed by atoms with E-state index in [1.54, 1.807) is 0 Å². The topological polar surface area (TPSA) is 69.6 Å². The zero-order chi connectivity index (χ0) is 11.4. The minimum atomic E-state index is -4.04. The lowest BCUT2D eigenvalue weighted by Gasteiger charge is -2.36. The third-order valence-corrected chi connectivity index (χ3v) is 5.85. The fourth-order valence-electron chi connectivity index (χ4n) is 4.77. The van der Waals surface area contributed by atoms with Crippen molar-refractivity contribution in [1.29, 1.82) is 0 Å². The van der Waals surface area contributed by atoms with E-state index in [2.05, 4.69) is 5.09 Å². The smallest absolute Gasteiger partial charge is 0.313 e. The monoisotopic (exact) mass is 245 g/mol. The molecule has 16 heavy (non-hydrogen) atoms. The van der Waals surface area contributed by atoms with Gasteiger partial charge in [-0.3, -0.25) is 0 Å². The Labute approximate surface area is 96.0 Å². The zero-order valence-corrected chi connectivity index (χ0v) is 10.3. The van der Waals surface area contributed by atoms with Crippen LogP contribution in [0, 0.1) is 23.2 Å². The second-order valence-electron chi connectivity index (χ2n) is 5.95. The third-order valence-electron chi connectivity index (χ3n) is 5.28. The van der Waals surface area contributed by atoms with E-state index < -0.39 is 7.75 Å². The number of hydrogen-bond acceptors (Lipinski definition) is 1. The minimum Gasteiger partial charge on any atom is -0.313 e. The van der Waals surface area contributed by atoms with Crippen LogP contribution in [-0.2, 0) is 4.57 Å². The molecule has 0 aromatic heterocycles. The van der Waals surface area contributed by atoms with E-state index >= 15 is 0 Å². The highest BCUT2D eigenvalue weighted by molar-refractivity contribution is 7.49. The first-order valence-corrected chi connectivity index (χ1v) is 7.92. The fourth-order valence-corrected chi connectivity index (χ4v) is 5.29. The van der Waals surface area contributed by atoms with Gasteiger partial charge in [0.25, 0.3) is 0 Å². The highest BCUT2D eigenvalue weighted by atomic mass is 31.2. The van der Waals surface area contributed by atoms with Crippen LogP contribution < -0.4 is 5.09 Å². The van der Waals surface area contributed by atoms with Crippen molar-refractivity contribution in [3.63, 3.8) is 0 Å². The van der Waals surface area contributed by atoms with Crippen molar-refractivity contribution in [1.82, 2.24) is 5.09 Å². The van der Waals surface area contributed by atoms with Gasteiger partial charge in [0, 0.05) is 6.54 Å². The van der Waals surface area contributed by atoms with Gasteiger partial charge >= 0.3 is 7.75 Å². The van der Waals surface area contributed by atoms with Gasteiger partial charge < -0.3 is 9.79 Å². The van der Waals surface area contributed by atoms with Crippen LogP contribution in [-0.4, -0.2) is 16.3 Å². The molecule has 0 amide bonds. The molecule has 0 aromatic carbocycles. The summed E-state index contributed by atoms with van der Waals surface area (Å²) in [5, 5.41) is 2.46. The van der Waals surface area contributed by atoms with Crippen LogP contribution in [0.5, 0.6) is 0 Å². The highest BCUT2D eigenvalue weighted by Gasteiger charge is 2.58. The first-order valence-electron chi connectivity index (χ1n) is 6.31. The lowest BCUT2D eigenvalue weighted by Crippen LogP contribution is -2.36. The molecule has 92 valence electrons. The summed E-state index contributed by atoms with van der Waals surface area (Å²) in [4.78, 5) is 17.9. The maximum atomic E-state index is 10.9. The molecule has 5 heteroatoms. The van der Waals surface area contributed by atoms with Gasteiger partial charge in [-0.1, -0.05) is 6.42 Å². The van der Waals surface area contributed by atoms with Gasteiger partial charge in [0.2, 0.25) is 0 Å². The lowest BCUT2D eigenvalue weighted by atomic mass is 9.72. The van der Waals surface area contributed by atoms with Crippen LogP contribution in [0.1, 0.15) is 38.5 Å². The summed E-state index contributed by atoms with van der Waals surface area (Å²) in [5.41, 5.74) is 0.215. The molecule has 4 atom stereocenters. The van der Waals surface area contributed by atoms with Crippen LogP contribution in [0.15, 0.2) is 0 Å². The quantitative estimate of drug-likeness (QED) is 0.664. The van der Waals surface area contributed by atoms with Crippen molar-refractivity contribution in [2.24, 2.45) is 23.2 Å². The number of hydrogen-bond donors (Lipinski definition) is 3. The van der Waals surface area contributed by atoms with Crippen molar-refractivity contribution in [2.45, 2.75) is 38.5 Å². The van der Waals surface area contributed by atoms with Crippen LogP contribution in [0.4, 0.5) is 0 Å². The molecule has 4 nitrogen and oxygen atoms in total. The lowest BCUT2D eigenvalue weighted by molar-refractivity contribution is 0.153. The van der Waals surface area contributed by atoms with E-state index in [1.807, 2.05) is 0 Å². The summed E-state index contributed by atoms with van der Waals surface area (Å²) in [5.74, 6) is 2.46. The molecule has 0 spiro atoms. The maximum Gasteiger partial charge on any atom is 0.400 e. The minimum absolute atomic E-state index is 0.215. The Hall–Kier alpha value is 0.110. The van der Waals surface area contributed by atoms with Crippen LogP contribution in [0.2, 0.25) is 0 Å². The van der Waals surface area contributed by atoms with Gasteiger partial charge in [-0.2, -0.15) is 0 Å². The first-order chi connectivity index (χ1) is 7.50. The fraction of sp³-hybridized carbons (Fsp3) is 1.00. The summed E-state index contributed by atoms with van der Waals surface area (Å²) in [7, 11) is -4.04. The number of nitrogens with one attached hydrogen (secondary N) is 1. The standard InChI is InChI=1S/C11H20NO3P/c13-16(14,15)12-7-11-5-4-8(6-11)9-2-1-3-10(9)11/h8-10H,1-7H2,(H3,12,13,14,15). The van der Waals surface area contributed by atoms with E-state index in [9.17, 15) is 4.57 Å². The summed E-state index contributed by atoms with van der Waals surface area (Å²) in [6.45, 7) is 0.523. The van der Waals surface area contributed by atoms with Crippen molar-refractivity contribution in [3.05, 3.63) is 0 Å². The molecule has 0 radical (unpaired) electrons. The first kappa shape index (κ1) is 11.2. The zero-order valence-electron chi connectivity index (χ0n) is 9.43. The molecular weight excluding hydrogens is 225 g/mol. The summed E-state index contributed by atoms with van der Waals surface area (Å²) >= 11 is 0. The van der Waals surface area contributed by atoms with Gasteiger partial charge in [0.15, 0.2) is 0 Å². The normalized spacial score (nSPS) is 46.2. The molecule has 3 N–H and O–H groups in total. The average Bonchev–Trinajstić information content (AvgIpc) is 2.86. The largest absolute Gasteiger partial charge is 0.400 e. The number of fused-ring (bicyclic) bond motifs is 5. The van der Waals surface area contributed by atoms with E-state index in [1.165, 1.54) is 38.5 Å². The molecule has 0 aliphatic heterocycles. The maximum absolute atomic E-state index is 10.9. The Morgan fingerprint density at radius 2 is 2.12 bits per heavy atom. The molecule has 0 saturated heterocycles. The molecule has 3 aliphatic carbocycles. The van der Waals surface area contributed by atoms with E-state index in [4.69, 9.17) is 9.79 Å². The Morgan fingerprint density at radius 1 is 1.31 bits per heavy atom. The predicted octanol–water partition coefficient (Wildman–Crippen LogP) is 1.89. The molecule has 3 aliphatic rings. The van der Waals surface area contributed by atoms with Crippen molar-refractivity contribution < 1.29 is 14.4 Å². The second kappa shape index (κ2) is 3.55. The van der Waals surface area contributed by atoms with Crippen molar-refractivity contribution in [3.8, 4) is 0 Å². The van der Waals surface area contributed by atoms with E-state index in [0.29, 0.717) is 6.54 Å². The van der Waals surface area contributed by atoms with Gasteiger partial charge in [-0.05, 0) is 55.3 Å². The number of rotatable bonds is 3. The van der Waals surface area contributed by atoms with Gasteiger partial charge in [0.1, 0.15) is 0 Å². The van der Waals surface area contributed by atoms with Crippen molar-refractivity contribution >= 4 is 7.75 Å². The Morgan fingerprint density at radius 3 is 2.88 bits per heavy atom. The molecule has 4 unspecified atom stereocenters. The molecule has 3 saturated carbocycles. The Bertz CT molecular complexity index is 342. The summed E-state index contributed by atoms with van der Waals surface area (Å²) < 4.78 is 10.9. The van der Waals surface area contributed by atoms with E-state index in [0.717, 1.165) is 17.8 Å². The second-order valence-corrected chi connectivity index (χ2v) is 7.35.